The van der Waals surface area contributed by atoms with Gasteiger partial charge in [0.2, 0.25) is 5.95 Å². The molecule has 122 valence electrons. The maximum Gasteiger partial charge on any atom is 0.235 e. The Bertz CT molecular complexity index is 855. The monoisotopic (exact) mass is 429 g/mol. The Kier molecular flexibility index (Phi) is 4.85. The highest BCUT2D eigenvalue weighted by Crippen LogP contribution is 2.36. The second kappa shape index (κ2) is 6.89. The maximum absolute atomic E-state index is 4.69. The Morgan fingerprint density at radius 2 is 1.38 bits per heavy atom. The highest BCUT2D eigenvalue weighted by molar-refractivity contribution is 14.1. The van der Waals surface area contributed by atoms with Gasteiger partial charge in [-0.2, -0.15) is 0 Å². The molecule has 3 aromatic rings. The summed E-state index contributed by atoms with van der Waals surface area (Å²) in [5, 5.41) is 0. The molecule has 3 nitrogen and oxygen atoms in total. The lowest BCUT2D eigenvalue weighted by molar-refractivity contribution is 1.01. The van der Waals surface area contributed by atoms with Crippen LogP contribution in [0, 0.1) is 31.3 Å². The van der Waals surface area contributed by atoms with Crippen LogP contribution in [-0.4, -0.2) is 9.97 Å². The minimum absolute atomic E-state index is 0.708. The summed E-state index contributed by atoms with van der Waals surface area (Å²) in [4.78, 5) is 11.5. The number of benzene rings is 2. The predicted molar refractivity (Wildman–Crippen MR) is 108 cm³/mol. The van der Waals surface area contributed by atoms with Crippen molar-refractivity contribution in [3.63, 3.8) is 0 Å². The molecule has 2 aromatic carbocycles. The van der Waals surface area contributed by atoms with Gasteiger partial charge in [0.25, 0.3) is 0 Å². The average molecular weight is 429 g/mol. The molecule has 4 heteroatoms. The zero-order chi connectivity index (χ0) is 17.3. The van der Waals surface area contributed by atoms with E-state index < -0.39 is 0 Å². The van der Waals surface area contributed by atoms with Crippen molar-refractivity contribution in [3.8, 4) is 0 Å². The highest BCUT2D eigenvalue weighted by Gasteiger charge is 2.19. The zero-order valence-electron chi connectivity index (χ0n) is 14.3. The Hall–Kier alpha value is -1.95. The molecule has 0 N–H and O–H groups in total. The van der Waals surface area contributed by atoms with Crippen molar-refractivity contribution in [1.82, 2.24) is 9.97 Å². The van der Waals surface area contributed by atoms with Crippen LogP contribution in [0.4, 0.5) is 17.3 Å². The predicted octanol–water partition coefficient (Wildman–Crippen LogP) is 5.78. The first-order valence-corrected chi connectivity index (χ1v) is 8.98. The summed E-state index contributed by atoms with van der Waals surface area (Å²) in [6, 6.07) is 16.7. The van der Waals surface area contributed by atoms with Crippen molar-refractivity contribution in [2.45, 2.75) is 27.7 Å². The molecule has 0 bridgehead atoms. The molecule has 0 aliphatic rings. The van der Waals surface area contributed by atoms with Gasteiger partial charge < -0.3 is 0 Å². The molecule has 0 radical (unpaired) electrons. The number of aryl methyl sites for hydroxylation is 4. The van der Waals surface area contributed by atoms with Gasteiger partial charge in [0, 0.05) is 20.6 Å². The summed E-state index contributed by atoms with van der Waals surface area (Å²) in [7, 11) is 0. The average Bonchev–Trinajstić information content (AvgIpc) is 2.53. The summed E-state index contributed by atoms with van der Waals surface area (Å²) in [5.41, 5.74) is 6.65. The number of anilines is 3. The van der Waals surface area contributed by atoms with Crippen molar-refractivity contribution < 1.29 is 0 Å². The van der Waals surface area contributed by atoms with Crippen LogP contribution in [0.3, 0.4) is 0 Å². The molecular weight excluding hydrogens is 409 g/mol. The normalized spacial score (nSPS) is 10.7. The fourth-order valence-electron chi connectivity index (χ4n) is 2.68. The summed E-state index contributed by atoms with van der Waals surface area (Å²) in [6.07, 6.45) is 0. The van der Waals surface area contributed by atoms with Gasteiger partial charge in [-0.1, -0.05) is 18.2 Å². The van der Waals surface area contributed by atoms with E-state index in [4.69, 9.17) is 9.97 Å². The van der Waals surface area contributed by atoms with Crippen molar-refractivity contribution in [3.05, 3.63) is 74.6 Å². The Labute approximate surface area is 156 Å². The van der Waals surface area contributed by atoms with Gasteiger partial charge in [-0.3, -0.25) is 4.90 Å². The first-order chi connectivity index (χ1) is 11.5. The smallest absolute Gasteiger partial charge is 0.235 e. The second-order valence-electron chi connectivity index (χ2n) is 6.01. The molecule has 1 heterocycles. The quantitative estimate of drug-likeness (QED) is 0.494. The lowest BCUT2D eigenvalue weighted by Crippen LogP contribution is -2.16. The fraction of sp³-hybridized carbons (Fsp3) is 0.200. The molecule has 0 unspecified atom stereocenters. The van der Waals surface area contributed by atoms with Gasteiger partial charge in [-0.25, -0.2) is 9.97 Å². The van der Waals surface area contributed by atoms with Crippen LogP contribution < -0.4 is 4.90 Å². The number of halogens is 1. The minimum atomic E-state index is 0.708. The third-order valence-corrected chi connectivity index (χ3v) is 4.85. The van der Waals surface area contributed by atoms with E-state index >= 15 is 0 Å². The Balaban J connectivity index is 2.25. The molecule has 0 aliphatic carbocycles. The van der Waals surface area contributed by atoms with E-state index in [0.717, 1.165) is 22.8 Å². The third-order valence-electron chi connectivity index (χ3n) is 3.99. The van der Waals surface area contributed by atoms with E-state index in [0.29, 0.717) is 5.95 Å². The number of rotatable bonds is 3. The number of hydrogen-bond donors (Lipinski definition) is 0. The molecule has 24 heavy (non-hydrogen) atoms. The molecule has 0 atom stereocenters. The van der Waals surface area contributed by atoms with Crippen LogP contribution in [0.2, 0.25) is 0 Å². The molecule has 0 saturated carbocycles. The van der Waals surface area contributed by atoms with Crippen molar-refractivity contribution in [1.29, 1.82) is 0 Å². The topological polar surface area (TPSA) is 29.0 Å². The number of aromatic nitrogens is 2. The summed E-state index contributed by atoms with van der Waals surface area (Å²) in [5.74, 6) is 0.708. The van der Waals surface area contributed by atoms with Gasteiger partial charge in [-0.05, 0) is 91.7 Å². The van der Waals surface area contributed by atoms with Gasteiger partial charge in [0.1, 0.15) is 0 Å². The minimum Gasteiger partial charge on any atom is -0.278 e. The van der Waals surface area contributed by atoms with Crippen LogP contribution in [0.15, 0.2) is 48.5 Å². The van der Waals surface area contributed by atoms with Crippen LogP contribution in [0.25, 0.3) is 0 Å². The van der Waals surface area contributed by atoms with Gasteiger partial charge >= 0.3 is 0 Å². The fourth-order valence-corrected chi connectivity index (χ4v) is 3.55. The lowest BCUT2D eigenvalue weighted by atomic mass is 10.1. The molecule has 0 amide bonds. The maximum atomic E-state index is 4.69. The summed E-state index contributed by atoms with van der Waals surface area (Å²) < 4.78 is 1.18. The Morgan fingerprint density at radius 3 is 2.00 bits per heavy atom. The van der Waals surface area contributed by atoms with Crippen LogP contribution in [-0.2, 0) is 0 Å². The van der Waals surface area contributed by atoms with E-state index in [1.807, 2.05) is 38.1 Å². The molecule has 0 fully saturated rings. The zero-order valence-corrected chi connectivity index (χ0v) is 16.5. The standard InChI is InChI=1S/C20H20IN3/c1-13-10-18(21)19(11-14(13)2)24(17-8-6-5-7-9-17)20-22-15(3)12-16(4)23-20/h5-12H,1-4H3. The number of para-hydroxylation sites is 1. The Morgan fingerprint density at radius 1 is 0.792 bits per heavy atom. The van der Waals surface area contributed by atoms with Gasteiger partial charge in [-0.15, -0.1) is 0 Å². The molecular formula is C20H20IN3. The SMILES string of the molecule is Cc1cc(C)nc(N(c2ccccc2)c2cc(C)c(C)cc2I)n1. The third kappa shape index (κ3) is 3.43. The first kappa shape index (κ1) is 16.9. The second-order valence-corrected chi connectivity index (χ2v) is 7.17. The molecule has 3 rings (SSSR count). The van der Waals surface area contributed by atoms with Crippen LogP contribution in [0.1, 0.15) is 22.5 Å². The first-order valence-electron chi connectivity index (χ1n) is 7.90. The van der Waals surface area contributed by atoms with Crippen molar-refractivity contribution >= 4 is 39.9 Å². The molecule has 0 saturated heterocycles. The van der Waals surface area contributed by atoms with Gasteiger partial charge in [0.15, 0.2) is 0 Å². The summed E-state index contributed by atoms with van der Waals surface area (Å²) in [6.45, 7) is 8.29. The summed E-state index contributed by atoms with van der Waals surface area (Å²) >= 11 is 2.39. The van der Waals surface area contributed by atoms with E-state index in [9.17, 15) is 0 Å². The lowest BCUT2D eigenvalue weighted by Gasteiger charge is -2.25. The number of hydrogen-bond acceptors (Lipinski definition) is 3. The van der Waals surface area contributed by atoms with Gasteiger partial charge in [0.05, 0.1) is 5.69 Å². The molecule has 0 spiro atoms. The highest BCUT2D eigenvalue weighted by atomic mass is 127. The number of nitrogens with zero attached hydrogens (tertiary/aromatic N) is 3. The van der Waals surface area contributed by atoms with E-state index in [1.165, 1.54) is 14.7 Å². The largest absolute Gasteiger partial charge is 0.278 e. The van der Waals surface area contributed by atoms with Crippen LogP contribution >= 0.6 is 22.6 Å². The van der Waals surface area contributed by atoms with Crippen molar-refractivity contribution in [2.75, 3.05) is 4.90 Å². The van der Waals surface area contributed by atoms with E-state index in [1.54, 1.807) is 0 Å². The molecule has 1 aromatic heterocycles. The van der Waals surface area contributed by atoms with E-state index in [2.05, 4.69) is 65.6 Å². The van der Waals surface area contributed by atoms with Crippen LogP contribution in [0.5, 0.6) is 0 Å². The van der Waals surface area contributed by atoms with E-state index in [-0.39, 0.29) is 0 Å². The van der Waals surface area contributed by atoms with Crippen molar-refractivity contribution in [2.24, 2.45) is 0 Å². The molecule has 0 aliphatic heterocycles.